The van der Waals surface area contributed by atoms with Crippen LogP contribution in [-0.2, 0) is 0 Å². The van der Waals surface area contributed by atoms with Crippen LogP contribution in [0.4, 0.5) is 5.69 Å². The van der Waals surface area contributed by atoms with Crippen LogP contribution < -0.4 is 10.2 Å². The molecule has 2 aromatic rings. The largest absolute Gasteiger partial charge is 0.377 e. The Morgan fingerprint density at radius 3 is 2.52 bits per heavy atom. The maximum absolute atomic E-state index is 5.40. The maximum Gasteiger partial charge on any atom is 0.0990 e. The molecule has 1 aliphatic rings. The molecule has 140 valence electrons. The van der Waals surface area contributed by atoms with Crippen molar-refractivity contribution >= 4 is 34.7 Å². The molecule has 0 saturated carbocycles. The maximum atomic E-state index is 5.40. The van der Waals surface area contributed by atoms with Gasteiger partial charge in [0.15, 0.2) is 0 Å². The highest BCUT2D eigenvalue weighted by atomic mass is 32.2. The van der Waals surface area contributed by atoms with Crippen LogP contribution in [-0.4, -0.2) is 18.1 Å². The number of nitrogens with one attached hydrogen (secondary N) is 1. The molecule has 0 bridgehead atoms. The molecule has 0 radical (unpaired) electrons. The number of likely N-dealkylation sites (N-methyl/N-ethyl adjacent to an activating group) is 1. The molecule has 4 heteroatoms. The van der Waals surface area contributed by atoms with E-state index in [0.29, 0.717) is 0 Å². The van der Waals surface area contributed by atoms with E-state index in [1.165, 1.54) is 32.3 Å². The molecule has 2 nitrogen and oxygen atoms in total. The molecule has 0 atom stereocenters. The number of thiocarbonyl (C=S) groups is 1. The highest BCUT2D eigenvalue weighted by molar-refractivity contribution is 8.03. The molecule has 0 unspecified atom stereocenters. The SMILES string of the molecule is CCNC(=S)/C=C(/C=C1\Sc2ccc(-c3ccccc3)cc2N1CC)CC. The summed E-state index contributed by atoms with van der Waals surface area (Å²) in [5.74, 6) is 0. The minimum atomic E-state index is 0.807. The number of fused-ring (bicyclic) bond motifs is 1. The molecule has 0 aromatic heterocycles. The summed E-state index contributed by atoms with van der Waals surface area (Å²) in [6.07, 6.45) is 5.32. The molecular formula is C23H26N2S2. The molecule has 0 saturated heterocycles. The summed E-state index contributed by atoms with van der Waals surface area (Å²) < 4.78 is 0. The third-order valence-electron chi connectivity index (χ3n) is 4.54. The second kappa shape index (κ2) is 9.25. The van der Waals surface area contributed by atoms with Crippen molar-refractivity contribution in [3.05, 3.63) is 71.3 Å². The van der Waals surface area contributed by atoms with Crippen molar-refractivity contribution in [3.63, 3.8) is 0 Å². The van der Waals surface area contributed by atoms with E-state index in [1.807, 2.05) is 11.8 Å². The molecular weight excluding hydrogens is 368 g/mol. The Labute approximate surface area is 172 Å². The Kier molecular flexibility index (Phi) is 6.75. The second-order valence-electron chi connectivity index (χ2n) is 6.34. The zero-order valence-electron chi connectivity index (χ0n) is 16.2. The van der Waals surface area contributed by atoms with Gasteiger partial charge in [0.05, 0.1) is 15.7 Å². The molecule has 1 aliphatic heterocycles. The molecule has 0 amide bonds. The van der Waals surface area contributed by atoms with Crippen molar-refractivity contribution in [2.75, 3.05) is 18.0 Å². The molecule has 0 aliphatic carbocycles. The summed E-state index contributed by atoms with van der Waals surface area (Å²) in [6, 6.07) is 17.3. The quantitative estimate of drug-likeness (QED) is 0.450. The summed E-state index contributed by atoms with van der Waals surface area (Å²) in [5, 5.41) is 4.48. The van der Waals surface area contributed by atoms with Crippen LogP contribution >= 0.6 is 24.0 Å². The predicted molar refractivity (Wildman–Crippen MR) is 123 cm³/mol. The molecule has 0 spiro atoms. The first-order chi connectivity index (χ1) is 13.2. The normalized spacial score (nSPS) is 15.1. The fraction of sp³-hybridized carbons (Fsp3) is 0.261. The van der Waals surface area contributed by atoms with Gasteiger partial charge in [0.25, 0.3) is 0 Å². The molecule has 3 rings (SSSR count). The van der Waals surface area contributed by atoms with E-state index in [4.69, 9.17) is 12.2 Å². The number of anilines is 1. The Morgan fingerprint density at radius 2 is 1.85 bits per heavy atom. The molecule has 2 aromatic carbocycles. The van der Waals surface area contributed by atoms with Crippen LogP contribution in [0.1, 0.15) is 27.2 Å². The molecule has 27 heavy (non-hydrogen) atoms. The van der Waals surface area contributed by atoms with E-state index in [0.717, 1.165) is 24.5 Å². The van der Waals surface area contributed by atoms with Crippen LogP contribution in [0.3, 0.4) is 0 Å². The number of benzene rings is 2. The van der Waals surface area contributed by atoms with Crippen molar-refractivity contribution in [2.45, 2.75) is 32.1 Å². The van der Waals surface area contributed by atoms with Crippen LogP contribution in [0.15, 0.2) is 76.2 Å². The van der Waals surface area contributed by atoms with Crippen LogP contribution in [0.2, 0.25) is 0 Å². The van der Waals surface area contributed by atoms with Crippen LogP contribution in [0.5, 0.6) is 0 Å². The van der Waals surface area contributed by atoms with Gasteiger partial charge in [-0.05, 0) is 61.3 Å². The number of hydrogen-bond donors (Lipinski definition) is 1. The topological polar surface area (TPSA) is 15.3 Å². The third kappa shape index (κ3) is 4.63. The monoisotopic (exact) mass is 394 g/mol. The zero-order valence-corrected chi connectivity index (χ0v) is 17.8. The minimum Gasteiger partial charge on any atom is -0.377 e. The number of rotatable bonds is 6. The Balaban J connectivity index is 1.92. The van der Waals surface area contributed by atoms with Gasteiger partial charge in [-0.1, -0.05) is 67.3 Å². The lowest BCUT2D eigenvalue weighted by atomic mass is 10.0. The van der Waals surface area contributed by atoms with E-state index in [9.17, 15) is 0 Å². The standard InChI is InChI=1S/C23H26N2S2/c1-4-17(14-22(26)24-5-2)15-23-25(6-3)20-16-19(12-13-21(20)27-23)18-10-8-7-9-11-18/h7-16H,4-6H2,1-3H3,(H,24,26)/b17-14+,23-15-. The first-order valence-electron chi connectivity index (χ1n) is 9.51. The van der Waals surface area contributed by atoms with E-state index >= 15 is 0 Å². The van der Waals surface area contributed by atoms with Crippen LogP contribution in [0.25, 0.3) is 11.1 Å². The minimum absolute atomic E-state index is 0.807. The van der Waals surface area contributed by atoms with E-state index in [2.05, 4.69) is 91.7 Å². The van der Waals surface area contributed by atoms with E-state index < -0.39 is 0 Å². The predicted octanol–water partition coefficient (Wildman–Crippen LogP) is 6.40. The molecule has 1 N–H and O–H groups in total. The lowest BCUT2D eigenvalue weighted by Gasteiger charge is -2.19. The lowest BCUT2D eigenvalue weighted by Crippen LogP contribution is -2.19. The zero-order chi connectivity index (χ0) is 19.2. The van der Waals surface area contributed by atoms with Crippen LogP contribution in [0, 0.1) is 0 Å². The lowest BCUT2D eigenvalue weighted by molar-refractivity contribution is 0.982. The van der Waals surface area contributed by atoms with Crippen molar-refractivity contribution in [2.24, 2.45) is 0 Å². The first kappa shape index (κ1) is 19.7. The van der Waals surface area contributed by atoms with Gasteiger partial charge in [0, 0.05) is 18.0 Å². The fourth-order valence-corrected chi connectivity index (χ4v) is 4.62. The van der Waals surface area contributed by atoms with Gasteiger partial charge in [-0.25, -0.2) is 0 Å². The van der Waals surface area contributed by atoms with Crippen molar-refractivity contribution in [1.29, 1.82) is 0 Å². The Morgan fingerprint density at radius 1 is 1.07 bits per heavy atom. The number of hydrogen-bond acceptors (Lipinski definition) is 3. The van der Waals surface area contributed by atoms with Gasteiger partial charge in [0.1, 0.15) is 0 Å². The van der Waals surface area contributed by atoms with Gasteiger partial charge in [-0.2, -0.15) is 0 Å². The highest BCUT2D eigenvalue weighted by Gasteiger charge is 2.24. The second-order valence-corrected chi connectivity index (χ2v) is 7.85. The fourth-order valence-electron chi connectivity index (χ4n) is 3.14. The van der Waals surface area contributed by atoms with Crippen molar-refractivity contribution in [3.8, 4) is 11.1 Å². The number of thioether (sulfide) groups is 1. The van der Waals surface area contributed by atoms with Gasteiger partial charge in [0.2, 0.25) is 0 Å². The van der Waals surface area contributed by atoms with Gasteiger partial charge < -0.3 is 10.2 Å². The van der Waals surface area contributed by atoms with Crippen molar-refractivity contribution < 1.29 is 0 Å². The average molecular weight is 395 g/mol. The summed E-state index contributed by atoms with van der Waals surface area (Å²) in [4.78, 5) is 4.51. The third-order valence-corrected chi connectivity index (χ3v) is 5.91. The van der Waals surface area contributed by atoms with Crippen molar-refractivity contribution in [1.82, 2.24) is 5.32 Å². The number of nitrogens with zero attached hydrogens (tertiary/aromatic N) is 1. The highest BCUT2D eigenvalue weighted by Crippen LogP contribution is 2.47. The summed E-state index contributed by atoms with van der Waals surface area (Å²) in [6.45, 7) is 8.24. The molecule has 0 fully saturated rings. The summed E-state index contributed by atoms with van der Waals surface area (Å²) >= 11 is 7.24. The van der Waals surface area contributed by atoms with Gasteiger partial charge >= 0.3 is 0 Å². The Bertz CT molecular complexity index is 869. The average Bonchev–Trinajstić information content (AvgIpc) is 3.04. The summed E-state index contributed by atoms with van der Waals surface area (Å²) in [7, 11) is 0. The van der Waals surface area contributed by atoms with E-state index in [-0.39, 0.29) is 0 Å². The molecule has 1 heterocycles. The smallest absolute Gasteiger partial charge is 0.0990 e. The first-order valence-corrected chi connectivity index (χ1v) is 10.7. The van der Waals surface area contributed by atoms with E-state index in [1.54, 1.807) is 0 Å². The van der Waals surface area contributed by atoms with Gasteiger partial charge in [-0.3, -0.25) is 0 Å². The summed E-state index contributed by atoms with van der Waals surface area (Å²) in [5.41, 5.74) is 5.05. The Hall–Kier alpha value is -2.04. The number of allylic oxidation sites excluding steroid dienone is 2. The van der Waals surface area contributed by atoms with Gasteiger partial charge in [-0.15, -0.1) is 0 Å².